The number of anilines is 1. The van der Waals surface area contributed by atoms with Crippen molar-refractivity contribution >= 4 is 34.1 Å². The van der Waals surface area contributed by atoms with E-state index in [9.17, 15) is 4.79 Å². The molecule has 1 aromatic heterocycles. The Hall–Kier alpha value is -4.07. The molecule has 0 saturated carbocycles. The first-order valence-electron chi connectivity index (χ1n) is 12.5. The second-order valence-corrected chi connectivity index (χ2v) is 9.28. The quantitative estimate of drug-likeness (QED) is 0.351. The molecule has 0 bridgehead atoms. The van der Waals surface area contributed by atoms with Crippen molar-refractivity contribution in [1.29, 1.82) is 0 Å². The summed E-state index contributed by atoms with van der Waals surface area (Å²) < 4.78 is 16.8. The molecular formula is C30H29N3O4. The van der Waals surface area contributed by atoms with Gasteiger partial charge in [-0.15, -0.1) is 0 Å². The number of H-pyrrole nitrogens is 1. The van der Waals surface area contributed by atoms with Crippen LogP contribution in [-0.2, 0) is 9.53 Å². The van der Waals surface area contributed by atoms with Crippen LogP contribution < -0.4 is 14.8 Å². The van der Waals surface area contributed by atoms with E-state index in [0.29, 0.717) is 12.2 Å². The highest BCUT2D eigenvalue weighted by atomic mass is 16.5. The molecule has 37 heavy (non-hydrogen) atoms. The highest BCUT2D eigenvalue weighted by Crippen LogP contribution is 2.37. The average molecular weight is 496 g/mol. The highest BCUT2D eigenvalue weighted by Gasteiger charge is 2.24. The van der Waals surface area contributed by atoms with Crippen molar-refractivity contribution in [2.45, 2.75) is 0 Å². The van der Waals surface area contributed by atoms with E-state index in [2.05, 4.69) is 15.2 Å². The van der Waals surface area contributed by atoms with E-state index < -0.39 is 0 Å². The number of fused-ring (bicyclic) bond motifs is 2. The fraction of sp³-hybridized carbons (Fsp3) is 0.233. The summed E-state index contributed by atoms with van der Waals surface area (Å²) in [5.41, 5.74) is 6.26. The normalized spacial score (nSPS) is 16.7. The van der Waals surface area contributed by atoms with Crippen LogP contribution in [0.2, 0.25) is 0 Å². The third kappa shape index (κ3) is 4.96. The van der Waals surface area contributed by atoms with Crippen LogP contribution in [0.1, 0.15) is 11.3 Å². The third-order valence-electron chi connectivity index (χ3n) is 6.90. The van der Waals surface area contributed by atoms with E-state index in [-0.39, 0.29) is 5.91 Å². The largest absolute Gasteiger partial charge is 0.497 e. The van der Waals surface area contributed by atoms with Crippen molar-refractivity contribution in [2.24, 2.45) is 0 Å². The van der Waals surface area contributed by atoms with Gasteiger partial charge in [0.25, 0.3) is 5.91 Å². The second-order valence-electron chi connectivity index (χ2n) is 9.28. The number of aromatic nitrogens is 1. The molecule has 188 valence electrons. The Balaban J connectivity index is 1.20. The number of hydrogen-bond acceptors (Lipinski definition) is 5. The van der Waals surface area contributed by atoms with Gasteiger partial charge in [-0.3, -0.25) is 9.69 Å². The molecule has 3 heterocycles. The molecule has 0 radical (unpaired) electrons. The van der Waals surface area contributed by atoms with E-state index >= 15 is 0 Å². The Kier molecular flexibility index (Phi) is 6.39. The summed E-state index contributed by atoms with van der Waals surface area (Å²) in [5.74, 6) is 1.53. The maximum atomic E-state index is 12.9. The van der Waals surface area contributed by atoms with E-state index in [1.165, 1.54) is 0 Å². The van der Waals surface area contributed by atoms with Gasteiger partial charge in [0.1, 0.15) is 18.1 Å². The van der Waals surface area contributed by atoms with Crippen LogP contribution >= 0.6 is 0 Å². The lowest BCUT2D eigenvalue weighted by Crippen LogP contribution is -2.38. The number of amides is 1. The molecule has 0 spiro atoms. The fourth-order valence-corrected chi connectivity index (χ4v) is 4.89. The standard InChI is InChI=1S/C30H29N3O4/c1-35-24-4-2-3-20(16-24)21-5-7-26-27(30(34)32-29(26)18-21)19-23-15-22-17-25(6-8-28(22)31-23)37-14-11-33-9-12-36-13-10-33/h2-8,15-19,31H,9-14H2,1H3,(H,32,34). The summed E-state index contributed by atoms with van der Waals surface area (Å²) in [6.45, 7) is 5.02. The van der Waals surface area contributed by atoms with Gasteiger partial charge in [-0.25, -0.2) is 0 Å². The average Bonchev–Trinajstić information content (AvgIpc) is 3.48. The molecule has 3 aromatic carbocycles. The van der Waals surface area contributed by atoms with Gasteiger partial charge in [0.05, 0.1) is 25.9 Å². The number of hydrogen-bond donors (Lipinski definition) is 2. The molecule has 6 rings (SSSR count). The Labute approximate surface area is 215 Å². The Morgan fingerprint density at radius 3 is 2.70 bits per heavy atom. The van der Waals surface area contributed by atoms with Gasteiger partial charge < -0.3 is 24.5 Å². The lowest BCUT2D eigenvalue weighted by atomic mass is 10.00. The minimum Gasteiger partial charge on any atom is -0.497 e. The van der Waals surface area contributed by atoms with Crippen LogP contribution in [0.3, 0.4) is 0 Å². The van der Waals surface area contributed by atoms with Crippen molar-refractivity contribution in [3.63, 3.8) is 0 Å². The number of aromatic amines is 1. The molecule has 7 heteroatoms. The molecule has 4 aromatic rings. The van der Waals surface area contributed by atoms with E-state index in [1.54, 1.807) is 7.11 Å². The van der Waals surface area contributed by atoms with Crippen LogP contribution in [0.5, 0.6) is 11.5 Å². The molecule has 0 aliphatic carbocycles. The summed E-state index contributed by atoms with van der Waals surface area (Å²) in [5, 5.41) is 4.06. The fourth-order valence-electron chi connectivity index (χ4n) is 4.89. The van der Waals surface area contributed by atoms with E-state index in [1.807, 2.05) is 72.8 Å². The zero-order chi connectivity index (χ0) is 25.2. The van der Waals surface area contributed by atoms with Gasteiger partial charge >= 0.3 is 0 Å². The number of nitrogens with one attached hydrogen (secondary N) is 2. The number of nitrogens with zero attached hydrogens (tertiary/aromatic N) is 1. The smallest absolute Gasteiger partial charge is 0.256 e. The maximum absolute atomic E-state index is 12.9. The topological polar surface area (TPSA) is 75.8 Å². The summed E-state index contributed by atoms with van der Waals surface area (Å²) in [6.07, 6.45) is 1.91. The van der Waals surface area contributed by atoms with Crippen molar-refractivity contribution in [3.05, 3.63) is 78.0 Å². The van der Waals surface area contributed by atoms with Crippen molar-refractivity contribution in [3.8, 4) is 22.6 Å². The first kappa shape index (κ1) is 23.3. The number of carbonyl (C=O) groups excluding carboxylic acids is 1. The molecule has 2 N–H and O–H groups in total. The highest BCUT2D eigenvalue weighted by molar-refractivity contribution is 6.35. The second kappa shape index (κ2) is 10.1. The lowest BCUT2D eigenvalue weighted by molar-refractivity contribution is -0.110. The lowest BCUT2D eigenvalue weighted by Gasteiger charge is -2.26. The molecule has 0 atom stereocenters. The van der Waals surface area contributed by atoms with Gasteiger partial charge in [-0.05, 0) is 59.7 Å². The number of benzene rings is 3. The monoisotopic (exact) mass is 495 g/mol. The predicted octanol–water partition coefficient (Wildman–Crippen LogP) is 5.05. The minimum absolute atomic E-state index is 0.108. The Bertz CT molecular complexity index is 1480. The molecule has 0 unspecified atom stereocenters. The van der Waals surface area contributed by atoms with Crippen molar-refractivity contribution in [2.75, 3.05) is 51.9 Å². The zero-order valence-electron chi connectivity index (χ0n) is 20.8. The third-order valence-corrected chi connectivity index (χ3v) is 6.90. The van der Waals surface area contributed by atoms with Gasteiger partial charge in [0, 0.05) is 47.5 Å². The van der Waals surface area contributed by atoms with Crippen molar-refractivity contribution in [1.82, 2.24) is 9.88 Å². The van der Waals surface area contributed by atoms with E-state index in [4.69, 9.17) is 14.2 Å². The summed E-state index contributed by atoms with van der Waals surface area (Å²) in [7, 11) is 1.66. The first-order chi connectivity index (χ1) is 18.2. The van der Waals surface area contributed by atoms with Crippen LogP contribution in [0.25, 0.3) is 33.7 Å². The number of rotatable bonds is 7. The van der Waals surface area contributed by atoms with Crippen LogP contribution in [0.15, 0.2) is 66.7 Å². The van der Waals surface area contributed by atoms with Gasteiger partial charge in [-0.2, -0.15) is 0 Å². The van der Waals surface area contributed by atoms with Crippen molar-refractivity contribution < 1.29 is 19.0 Å². The maximum Gasteiger partial charge on any atom is 0.256 e. The number of carbonyl (C=O) groups is 1. The van der Waals surface area contributed by atoms with Crippen LogP contribution in [0, 0.1) is 0 Å². The van der Waals surface area contributed by atoms with Gasteiger partial charge in [0.15, 0.2) is 0 Å². The number of morpholine rings is 1. The SMILES string of the molecule is COc1cccc(-c2ccc3c(c2)NC(=O)C3=Cc2cc3cc(OCCN4CCOCC4)ccc3[nH]2)c1. The summed E-state index contributed by atoms with van der Waals surface area (Å²) >= 11 is 0. The Morgan fingerprint density at radius 1 is 0.973 bits per heavy atom. The number of ether oxygens (including phenoxy) is 3. The van der Waals surface area contributed by atoms with Gasteiger partial charge in [-0.1, -0.05) is 24.3 Å². The minimum atomic E-state index is -0.108. The van der Waals surface area contributed by atoms with Crippen LogP contribution in [0.4, 0.5) is 5.69 Å². The molecule has 7 nitrogen and oxygen atoms in total. The zero-order valence-corrected chi connectivity index (χ0v) is 20.8. The van der Waals surface area contributed by atoms with E-state index in [0.717, 1.165) is 83.3 Å². The molecule has 1 saturated heterocycles. The first-order valence-corrected chi connectivity index (χ1v) is 12.5. The number of methoxy groups -OCH3 is 1. The summed E-state index contributed by atoms with van der Waals surface area (Å²) in [4.78, 5) is 18.6. The summed E-state index contributed by atoms with van der Waals surface area (Å²) in [6, 6.07) is 22.0. The predicted molar refractivity (Wildman–Crippen MR) is 146 cm³/mol. The molecule has 2 aliphatic heterocycles. The van der Waals surface area contributed by atoms with Gasteiger partial charge in [0.2, 0.25) is 0 Å². The molecular weight excluding hydrogens is 466 g/mol. The molecule has 2 aliphatic rings. The molecule has 1 fully saturated rings. The molecule has 1 amide bonds. The van der Waals surface area contributed by atoms with Crippen LogP contribution in [-0.4, -0.2) is 62.4 Å². The Morgan fingerprint density at radius 2 is 1.84 bits per heavy atom.